The molecule has 0 rings (SSSR count). The predicted molar refractivity (Wildman–Crippen MR) is 245 cm³/mol. The van der Waals surface area contributed by atoms with Gasteiger partial charge in [-0.1, -0.05) is 263 Å². The highest BCUT2D eigenvalue weighted by molar-refractivity contribution is 5.69. The van der Waals surface area contributed by atoms with Gasteiger partial charge in [-0.2, -0.15) is 0 Å². The van der Waals surface area contributed by atoms with Gasteiger partial charge in [-0.25, -0.2) is 0 Å². The summed E-state index contributed by atoms with van der Waals surface area (Å²) in [5, 5.41) is 8.82. The second-order valence-electron chi connectivity index (χ2n) is 17.6. The van der Waals surface area contributed by atoms with Crippen molar-refractivity contribution in [1.29, 1.82) is 0 Å². The highest BCUT2D eigenvalue weighted by atomic mass is 16.5. The Hall–Kier alpha value is -0.830. The molecule has 0 aliphatic rings. The van der Waals surface area contributed by atoms with Crippen LogP contribution in [0.15, 0.2) is 12.2 Å². The molecule has 0 aliphatic heterocycles. The molecule has 0 aromatic heterocycles. The third kappa shape index (κ3) is 51.2. The van der Waals surface area contributed by atoms with E-state index >= 15 is 0 Å². The first-order valence-electron chi connectivity index (χ1n) is 25.7. The molecule has 0 saturated carbocycles. The Balaban J connectivity index is 3.15. The monoisotopic (exact) mass is 775 g/mol. The van der Waals surface area contributed by atoms with E-state index in [0.29, 0.717) is 19.6 Å². The Kier molecular flexibility index (Phi) is 50.4. The minimum atomic E-state index is 0.0230. The van der Waals surface area contributed by atoms with Crippen LogP contribution in [-0.2, 0) is 9.53 Å². The molecule has 0 radical (unpaired) electrons. The molecule has 0 aromatic rings. The first-order valence-corrected chi connectivity index (χ1v) is 25.7. The van der Waals surface area contributed by atoms with Crippen molar-refractivity contribution in [2.24, 2.45) is 0 Å². The van der Waals surface area contributed by atoms with Crippen molar-refractivity contribution < 1.29 is 14.6 Å². The standard InChI is InChI=1S/C52H102O3/c1-2-3-4-5-6-7-8-9-10-25-28-31-34-37-40-43-46-49-52(54)55-51-48-45-42-39-36-33-30-27-24-22-20-18-16-14-12-11-13-15-17-19-21-23-26-29-32-35-38-41-44-47-50-53/h9-10,53H,2-8,11-51H2,1H3. The van der Waals surface area contributed by atoms with Gasteiger partial charge in [-0.05, 0) is 44.9 Å². The molecule has 0 unspecified atom stereocenters. The molecule has 3 nitrogen and oxygen atoms in total. The summed E-state index contributed by atoms with van der Waals surface area (Å²) in [5.74, 6) is 0.0230. The van der Waals surface area contributed by atoms with Crippen molar-refractivity contribution in [1.82, 2.24) is 0 Å². The molecule has 0 aliphatic carbocycles. The summed E-state index contributed by atoms with van der Waals surface area (Å²) in [6.07, 6.45) is 66.5. The van der Waals surface area contributed by atoms with Gasteiger partial charge in [0.15, 0.2) is 0 Å². The van der Waals surface area contributed by atoms with E-state index in [2.05, 4.69) is 19.1 Å². The molecule has 3 heteroatoms. The van der Waals surface area contributed by atoms with Crippen molar-refractivity contribution in [3.8, 4) is 0 Å². The molecule has 0 aromatic carbocycles. The van der Waals surface area contributed by atoms with Crippen LogP contribution in [0.25, 0.3) is 0 Å². The van der Waals surface area contributed by atoms with E-state index in [1.807, 2.05) is 0 Å². The van der Waals surface area contributed by atoms with Gasteiger partial charge < -0.3 is 9.84 Å². The number of carbonyl (C=O) groups excluding carboxylic acids is 1. The molecular weight excluding hydrogens is 673 g/mol. The van der Waals surface area contributed by atoms with E-state index < -0.39 is 0 Å². The average molecular weight is 775 g/mol. The lowest BCUT2D eigenvalue weighted by atomic mass is 10.0. The van der Waals surface area contributed by atoms with E-state index in [-0.39, 0.29) is 5.97 Å². The zero-order valence-corrected chi connectivity index (χ0v) is 37.9. The number of unbranched alkanes of at least 4 members (excludes halogenated alkanes) is 42. The average Bonchev–Trinajstić information content (AvgIpc) is 3.19. The molecule has 0 amide bonds. The summed E-state index contributed by atoms with van der Waals surface area (Å²) in [5.41, 5.74) is 0. The number of hydrogen-bond donors (Lipinski definition) is 1. The van der Waals surface area contributed by atoms with Gasteiger partial charge in [0.25, 0.3) is 0 Å². The fourth-order valence-corrected chi connectivity index (χ4v) is 8.12. The van der Waals surface area contributed by atoms with Gasteiger partial charge in [0.05, 0.1) is 6.61 Å². The molecule has 1 N–H and O–H groups in total. The first-order chi connectivity index (χ1) is 27.3. The van der Waals surface area contributed by atoms with Gasteiger partial charge in [0.1, 0.15) is 0 Å². The van der Waals surface area contributed by atoms with Crippen LogP contribution in [0.3, 0.4) is 0 Å². The van der Waals surface area contributed by atoms with Crippen LogP contribution in [0.4, 0.5) is 0 Å². The molecule has 0 heterocycles. The fourth-order valence-electron chi connectivity index (χ4n) is 8.12. The molecule has 0 spiro atoms. The number of esters is 1. The Labute approximate surface area is 347 Å². The molecule has 55 heavy (non-hydrogen) atoms. The minimum Gasteiger partial charge on any atom is -0.466 e. The lowest BCUT2D eigenvalue weighted by molar-refractivity contribution is -0.143. The third-order valence-electron chi connectivity index (χ3n) is 12.0. The number of ether oxygens (including phenoxy) is 1. The molecule has 0 atom stereocenters. The predicted octanol–water partition coefficient (Wildman–Crippen LogP) is 18.0. The van der Waals surface area contributed by atoms with E-state index in [1.165, 1.54) is 270 Å². The maximum Gasteiger partial charge on any atom is 0.305 e. The lowest BCUT2D eigenvalue weighted by Crippen LogP contribution is -2.05. The molecule has 0 saturated heterocycles. The van der Waals surface area contributed by atoms with Crippen molar-refractivity contribution in [3.63, 3.8) is 0 Å². The SMILES string of the molecule is CCCCCCCCC=CCCCCCCCCCC(=O)OCCCCCCCCCCCCCCCCCCCCCCCCCCCCCCCCO. The third-order valence-corrected chi connectivity index (χ3v) is 12.0. The molecule has 328 valence electrons. The number of rotatable bonds is 49. The van der Waals surface area contributed by atoms with E-state index in [4.69, 9.17) is 9.84 Å². The van der Waals surface area contributed by atoms with E-state index in [0.717, 1.165) is 19.3 Å². The summed E-state index contributed by atoms with van der Waals surface area (Å²) in [6, 6.07) is 0. The second kappa shape index (κ2) is 51.2. The van der Waals surface area contributed by atoms with Crippen LogP contribution in [0, 0.1) is 0 Å². The Bertz CT molecular complexity index is 718. The highest BCUT2D eigenvalue weighted by Gasteiger charge is 2.03. The van der Waals surface area contributed by atoms with Crippen LogP contribution in [-0.4, -0.2) is 24.3 Å². The van der Waals surface area contributed by atoms with Gasteiger partial charge >= 0.3 is 5.97 Å². The number of hydrogen-bond acceptors (Lipinski definition) is 3. The van der Waals surface area contributed by atoms with E-state index in [9.17, 15) is 4.79 Å². The highest BCUT2D eigenvalue weighted by Crippen LogP contribution is 2.17. The summed E-state index contributed by atoms with van der Waals surface area (Å²) in [4.78, 5) is 12.0. The van der Waals surface area contributed by atoms with Crippen LogP contribution < -0.4 is 0 Å². The smallest absolute Gasteiger partial charge is 0.305 e. The van der Waals surface area contributed by atoms with Crippen LogP contribution in [0.1, 0.15) is 302 Å². The summed E-state index contributed by atoms with van der Waals surface area (Å²) in [7, 11) is 0. The van der Waals surface area contributed by atoms with Gasteiger partial charge in [0, 0.05) is 13.0 Å². The quantitative estimate of drug-likeness (QED) is 0.0380. The fraction of sp³-hybridized carbons (Fsp3) is 0.942. The first kappa shape index (κ1) is 54.2. The van der Waals surface area contributed by atoms with Gasteiger partial charge in [-0.3, -0.25) is 4.79 Å². The summed E-state index contributed by atoms with van der Waals surface area (Å²) >= 11 is 0. The van der Waals surface area contributed by atoms with Gasteiger partial charge in [-0.15, -0.1) is 0 Å². The van der Waals surface area contributed by atoms with Crippen molar-refractivity contribution in [3.05, 3.63) is 12.2 Å². The van der Waals surface area contributed by atoms with Crippen LogP contribution in [0.5, 0.6) is 0 Å². The van der Waals surface area contributed by atoms with Crippen molar-refractivity contribution in [2.75, 3.05) is 13.2 Å². The zero-order valence-electron chi connectivity index (χ0n) is 37.9. The summed E-state index contributed by atoms with van der Waals surface area (Å²) < 4.78 is 5.49. The Morgan fingerprint density at radius 3 is 0.909 bits per heavy atom. The lowest BCUT2D eigenvalue weighted by Gasteiger charge is -2.06. The number of allylic oxidation sites excluding steroid dienone is 2. The Morgan fingerprint density at radius 1 is 0.345 bits per heavy atom. The second-order valence-corrected chi connectivity index (χ2v) is 17.6. The van der Waals surface area contributed by atoms with Crippen molar-refractivity contribution in [2.45, 2.75) is 302 Å². The summed E-state index contributed by atoms with van der Waals surface area (Å²) in [6.45, 7) is 3.28. The molecule has 0 bridgehead atoms. The van der Waals surface area contributed by atoms with Crippen LogP contribution in [0.2, 0.25) is 0 Å². The topological polar surface area (TPSA) is 46.5 Å². The largest absolute Gasteiger partial charge is 0.466 e. The van der Waals surface area contributed by atoms with E-state index in [1.54, 1.807) is 0 Å². The maximum absolute atomic E-state index is 12.0. The maximum atomic E-state index is 12.0. The molecule has 0 fully saturated rings. The number of aliphatic hydroxyl groups is 1. The zero-order chi connectivity index (χ0) is 39.6. The number of aliphatic hydroxyl groups excluding tert-OH is 1. The van der Waals surface area contributed by atoms with Crippen LogP contribution >= 0.6 is 0 Å². The van der Waals surface area contributed by atoms with Crippen molar-refractivity contribution >= 4 is 5.97 Å². The normalized spacial score (nSPS) is 11.7. The number of carbonyl (C=O) groups is 1. The minimum absolute atomic E-state index is 0.0230. The Morgan fingerprint density at radius 2 is 0.600 bits per heavy atom. The van der Waals surface area contributed by atoms with Gasteiger partial charge in [0.2, 0.25) is 0 Å². The molecular formula is C52H102O3.